The number of nitrogens with two attached hydrogens (primary N) is 1. The Bertz CT molecular complexity index is 1290. The molecule has 0 aromatic heterocycles. The molecular formula is C24H23N3O9. The van der Waals surface area contributed by atoms with Crippen molar-refractivity contribution in [2.45, 2.75) is 25.9 Å². The van der Waals surface area contributed by atoms with Crippen LogP contribution < -0.4 is 11.1 Å². The number of anilines is 2. The molecule has 0 heterocycles. The third-order valence-corrected chi connectivity index (χ3v) is 5.44. The number of nitrogens with one attached hydrogen (secondary N) is 1. The van der Waals surface area contributed by atoms with Crippen molar-refractivity contribution in [3.63, 3.8) is 0 Å². The summed E-state index contributed by atoms with van der Waals surface area (Å²) in [5, 5.41) is 24.5. The largest absolute Gasteiger partial charge is 0.507 e. The number of esters is 2. The summed E-state index contributed by atoms with van der Waals surface area (Å²) in [5.41, 5.74) is 4.28. The molecule has 36 heavy (non-hydrogen) atoms. The second kappa shape index (κ2) is 10.7. The Kier molecular flexibility index (Phi) is 7.67. The normalized spacial score (nSPS) is 12.7. The second-order valence-electron chi connectivity index (χ2n) is 7.79. The molecule has 0 saturated carbocycles. The molecule has 3 rings (SSSR count). The number of carbonyl (C=O) groups is 4. The maximum Gasteiger partial charge on any atom is 0.330 e. The van der Waals surface area contributed by atoms with Gasteiger partial charge in [-0.1, -0.05) is 13.5 Å². The smallest absolute Gasteiger partial charge is 0.330 e. The number of nitrogens with zero attached hydrogens (tertiary/aromatic N) is 1. The molecule has 188 valence electrons. The lowest BCUT2D eigenvalue weighted by Crippen LogP contribution is -2.25. The molecule has 0 amide bonds. The predicted molar refractivity (Wildman–Crippen MR) is 127 cm³/mol. The highest BCUT2D eigenvalue weighted by atomic mass is 16.6. The number of nitrogen functional groups attached to an aromatic ring is 1. The van der Waals surface area contributed by atoms with Crippen molar-refractivity contribution in [1.82, 2.24) is 0 Å². The molecule has 1 unspecified atom stereocenters. The molecular weight excluding hydrogens is 474 g/mol. The number of nitro groups is 1. The lowest BCUT2D eigenvalue weighted by molar-refractivity contribution is -0.385. The van der Waals surface area contributed by atoms with Crippen LogP contribution in [-0.2, 0) is 19.1 Å². The van der Waals surface area contributed by atoms with Crippen LogP contribution in [0.5, 0.6) is 5.75 Å². The fourth-order valence-corrected chi connectivity index (χ4v) is 3.67. The molecule has 1 aliphatic rings. The first-order valence-corrected chi connectivity index (χ1v) is 10.8. The van der Waals surface area contributed by atoms with E-state index in [-0.39, 0.29) is 36.4 Å². The molecule has 0 aliphatic heterocycles. The zero-order valence-corrected chi connectivity index (χ0v) is 19.2. The zero-order valence-electron chi connectivity index (χ0n) is 19.2. The van der Waals surface area contributed by atoms with Crippen LogP contribution in [0.2, 0.25) is 0 Å². The van der Waals surface area contributed by atoms with Gasteiger partial charge in [-0.2, -0.15) is 0 Å². The minimum absolute atomic E-state index is 0.0778. The van der Waals surface area contributed by atoms with Crippen LogP contribution in [0.15, 0.2) is 36.9 Å². The molecule has 0 spiro atoms. The van der Waals surface area contributed by atoms with Gasteiger partial charge in [-0.15, -0.1) is 0 Å². The van der Waals surface area contributed by atoms with Crippen LogP contribution in [0.4, 0.5) is 17.1 Å². The standard InChI is InChI=1S/C24H23N3O9/c1-3-13(11-35-18(29)4-2)36-19(30)7-8-26-12-9-14-20(15(25)10-12)24(32)21-16(27(33)34)5-6-17(28)22(21)23(14)31/h4-6,9-10,13,26,28H,2-3,7-8,11,25H2,1H3. The summed E-state index contributed by atoms with van der Waals surface area (Å²) in [6.07, 6.45) is 0.725. The first kappa shape index (κ1) is 25.9. The summed E-state index contributed by atoms with van der Waals surface area (Å²) in [7, 11) is 0. The molecule has 2 aromatic rings. The van der Waals surface area contributed by atoms with Crippen molar-refractivity contribution in [2.75, 3.05) is 24.2 Å². The highest BCUT2D eigenvalue weighted by Gasteiger charge is 2.39. The maximum atomic E-state index is 13.1. The van der Waals surface area contributed by atoms with E-state index < -0.39 is 57.1 Å². The number of rotatable bonds is 10. The van der Waals surface area contributed by atoms with E-state index in [1.54, 1.807) is 6.92 Å². The monoisotopic (exact) mass is 497 g/mol. The Hall–Kier alpha value is -4.74. The maximum absolute atomic E-state index is 13.1. The first-order chi connectivity index (χ1) is 17.1. The van der Waals surface area contributed by atoms with Crippen LogP contribution in [0, 0.1) is 10.1 Å². The van der Waals surface area contributed by atoms with Gasteiger partial charge in [0.25, 0.3) is 5.69 Å². The number of nitro benzene ring substituents is 1. The summed E-state index contributed by atoms with van der Waals surface area (Å²) in [4.78, 5) is 60.0. The lowest BCUT2D eigenvalue weighted by atomic mass is 9.81. The SMILES string of the molecule is C=CC(=O)OCC(CC)OC(=O)CCNc1cc(N)c2c(c1)C(=O)c1c(O)ccc([N+](=O)[O-])c1C2=O. The molecule has 0 saturated heterocycles. The minimum Gasteiger partial charge on any atom is -0.507 e. The first-order valence-electron chi connectivity index (χ1n) is 10.8. The zero-order chi connectivity index (χ0) is 26.6. The Balaban J connectivity index is 1.74. The topological polar surface area (TPSA) is 188 Å². The fourth-order valence-electron chi connectivity index (χ4n) is 3.67. The number of hydrogen-bond acceptors (Lipinski definition) is 11. The third kappa shape index (κ3) is 5.17. The van der Waals surface area contributed by atoms with Gasteiger partial charge in [0.05, 0.1) is 22.5 Å². The Labute approximate surface area is 204 Å². The van der Waals surface area contributed by atoms with Crippen molar-refractivity contribution in [2.24, 2.45) is 0 Å². The molecule has 1 atom stereocenters. The number of carbonyl (C=O) groups excluding carboxylic acids is 4. The second-order valence-corrected chi connectivity index (χ2v) is 7.79. The van der Waals surface area contributed by atoms with Crippen molar-refractivity contribution < 1.29 is 38.7 Å². The van der Waals surface area contributed by atoms with Crippen LogP contribution in [0.25, 0.3) is 0 Å². The summed E-state index contributed by atoms with van der Waals surface area (Å²) >= 11 is 0. The van der Waals surface area contributed by atoms with E-state index in [9.17, 15) is 34.4 Å². The number of ether oxygens (including phenoxy) is 2. The number of aromatic hydroxyl groups is 1. The molecule has 12 nitrogen and oxygen atoms in total. The van der Waals surface area contributed by atoms with Crippen LogP contribution in [-0.4, -0.2) is 52.8 Å². The number of fused-ring (bicyclic) bond motifs is 2. The number of phenols is 1. The molecule has 0 radical (unpaired) electrons. The van der Waals surface area contributed by atoms with Gasteiger partial charge >= 0.3 is 11.9 Å². The van der Waals surface area contributed by atoms with Crippen LogP contribution in [0.1, 0.15) is 51.6 Å². The van der Waals surface area contributed by atoms with Gasteiger partial charge in [0.15, 0.2) is 5.78 Å². The molecule has 12 heteroatoms. The minimum atomic E-state index is -0.849. The van der Waals surface area contributed by atoms with Crippen molar-refractivity contribution in [3.8, 4) is 5.75 Å². The number of hydrogen-bond donors (Lipinski definition) is 3. The van der Waals surface area contributed by atoms with Crippen LogP contribution >= 0.6 is 0 Å². The molecule has 0 bridgehead atoms. The van der Waals surface area contributed by atoms with Gasteiger partial charge in [-0.05, 0) is 24.6 Å². The number of ketones is 2. The van der Waals surface area contributed by atoms with E-state index >= 15 is 0 Å². The number of phenolic OH excluding ortho intramolecular Hbond substituents is 1. The van der Waals surface area contributed by atoms with Gasteiger partial charge in [0, 0.05) is 35.6 Å². The van der Waals surface area contributed by atoms with E-state index in [2.05, 4.69) is 11.9 Å². The Morgan fingerprint density at radius 2 is 1.94 bits per heavy atom. The van der Waals surface area contributed by atoms with E-state index in [0.717, 1.165) is 18.2 Å². The molecule has 1 aliphatic carbocycles. The predicted octanol–water partition coefficient (Wildman–Crippen LogP) is 2.51. The quantitative estimate of drug-likeness (QED) is 0.123. The highest BCUT2D eigenvalue weighted by Crippen LogP contribution is 2.40. The van der Waals surface area contributed by atoms with E-state index in [1.165, 1.54) is 12.1 Å². The average molecular weight is 497 g/mol. The summed E-state index contributed by atoms with van der Waals surface area (Å²) < 4.78 is 10.1. The van der Waals surface area contributed by atoms with Crippen molar-refractivity contribution in [1.29, 1.82) is 0 Å². The van der Waals surface area contributed by atoms with Gasteiger partial charge in [-0.3, -0.25) is 24.5 Å². The van der Waals surface area contributed by atoms with Crippen molar-refractivity contribution >= 4 is 40.6 Å². The van der Waals surface area contributed by atoms with Gasteiger partial charge < -0.3 is 25.6 Å². The van der Waals surface area contributed by atoms with E-state index in [1.807, 2.05) is 0 Å². The molecule has 0 fully saturated rings. The van der Waals surface area contributed by atoms with Crippen LogP contribution in [0.3, 0.4) is 0 Å². The average Bonchev–Trinajstić information content (AvgIpc) is 2.84. The summed E-state index contributed by atoms with van der Waals surface area (Å²) in [6.45, 7) is 5.02. The van der Waals surface area contributed by atoms with E-state index in [0.29, 0.717) is 12.1 Å². The lowest BCUT2D eigenvalue weighted by Gasteiger charge is -2.21. The van der Waals surface area contributed by atoms with Gasteiger partial charge in [0.2, 0.25) is 5.78 Å². The highest BCUT2D eigenvalue weighted by molar-refractivity contribution is 6.32. The summed E-state index contributed by atoms with van der Waals surface area (Å²) in [6, 6.07) is 4.61. The Morgan fingerprint density at radius 3 is 2.58 bits per heavy atom. The van der Waals surface area contributed by atoms with Crippen molar-refractivity contribution in [3.05, 3.63) is 69.3 Å². The fraction of sp³-hybridized carbons (Fsp3) is 0.250. The third-order valence-electron chi connectivity index (χ3n) is 5.44. The summed E-state index contributed by atoms with van der Waals surface area (Å²) in [5.74, 6) is -3.40. The molecule has 4 N–H and O–H groups in total. The van der Waals surface area contributed by atoms with Gasteiger partial charge in [0.1, 0.15) is 24.0 Å². The van der Waals surface area contributed by atoms with Gasteiger partial charge in [-0.25, -0.2) is 4.79 Å². The number of benzene rings is 2. The molecule has 2 aromatic carbocycles. The van der Waals surface area contributed by atoms with E-state index in [4.69, 9.17) is 15.2 Å². The Morgan fingerprint density at radius 1 is 1.22 bits per heavy atom.